The minimum absolute atomic E-state index is 0.0430. The zero-order chi connectivity index (χ0) is 15.6. The lowest BCUT2D eigenvalue weighted by atomic mass is 10.1. The summed E-state index contributed by atoms with van der Waals surface area (Å²) in [5, 5.41) is 0. The van der Waals surface area contributed by atoms with Crippen molar-refractivity contribution < 1.29 is 22.4 Å². The number of hydrogen-bond acceptors (Lipinski definition) is 4. The summed E-state index contributed by atoms with van der Waals surface area (Å²) in [4.78, 5) is 18.6. The van der Waals surface area contributed by atoms with Crippen molar-refractivity contribution in [3.05, 3.63) is 35.3 Å². The number of rotatable bonds is 4. The van der Waals surface area contributed by atoms with Crippen molar-refractivity contribution in [2.45, 2.75) is 26.4 Å². The molecule has 0 fully saturated rings. The van der Waals surface area contributed by atoms with Gasteiger partial charge in [0.1, 0.15) is 17.1 Å². The summed E-state index contributed by atoms with van der Waals surface area (Å²) in [6.45, 7) is 3.90. The zero-order valence-electron chi connectivity index (χ0n) is 11.4. The second kappa shape index (κ2) is 5.67. The Morgan fingerprint density at radius 1 is 1.33 bits per heavy atom. The molecule has 0 saturated carbocycles. The molecule has 2 rings (SSSR count). The molecule has 0 saturated heterocycles. The first kappa shape index (κ1) is 15.2. The number of oxazole rings is 1. The summed E-state index contributed by atoms with van der Waals surface area (Å²) < 4.78 is 42.8. The van der Waals surface area contributed by atoms with Crippen LogP contribution in [0.15, 0.2) is 22.7 Å². The third-order valence-electron chi connectivity index (χ3n) is 2.74. The number of carbonyl (C=O) groups is 1. The lowest BCUT2D eigenvalue weighted by Gasteiger charge is -2.05. The molecule has 0 radical (unpaired) electrons. The van der Waals surface area contributed by atoms with Crippen LogP contribution < -0.4 is 0 Å². The Bertz CT molecular complexity index is 631. The summed E-state index contributed by atoms with van der Waals surface area (Å²) in [5.41, 5.74) is -0.544. The van der Waals surface area contributed by atoms with Crippen molar-refractivity contribution in [1.29, 1.82) is 0 Å². The van der Waals surface area contributed by atoms with E-state index in [9.17, 15) is 18.0 Å². The molecule has 0 unspecified atom stereocenters. The van der Waals surface area contributed by atoms with Crippen molar-refractivity contribution in [3.63, 3.8) is 0 Å². The molecular formula is C14H13F3N2O2. The Labute approximate surface area is 119 Å². The number of aromatic nitrogens is 2. The average Bonchev–Trinajstić information content (AvgIpc) is 2.80. The molecule has 0 amide bonds. The van der Waals surface area contributed by atoms with Gasteiger partial charge in [0, 0.05) is 12.6 Å². The van der Waals surface area contributed by atoms with Gasteiger partial charge in [-0.1, -0.05) is 13.8 Å². The molecule has 21 heavy (non-hydrogen) atoms. The van der Waals surface area contributed by atoms with Crippen LogP contribution >= 0.6 is 0 Å². The van der Waals surface area contributed by atoms with E-state index < -0.39 is 11.7 Å². The van der Waals surface area contributed by atoms with Crippen LogP contribution in [0.25, 0.3) is 11.6 Å². The quantitative estimate of drug-likeness (QED) is 0.806. The first-order chi connectivity index (χ1) is 9.81. The monoisotopic (exact) mass is 298 g/mol. The minimum atomic E-state index is -4.45. The summed E-state index contributed by atoms with van der Waals surface area (Å²) in [7, 11) is 0. The van der Waals surface area contributed by atoms with E-state index in [0.29, 0.717) is 24.7 Å². The van der Waals surface area contributed by atoms with Crippen LogP contribution in [-0.4, -0.2) is 16.3 Å². The van der Waals surface area contributed by atoms with Gasteiger partial charge in [0.25, 0.3) is 0 Å². The highest BCUT2D eigenvalue weighted by Crippen LogP contribution is 2.30. The molecular weight excluding hydrogens is 285 g/mol. The Balaban J connectivity index is 2.34. The van der Waals surface area contributed by atoms with Crippen LogP contribution in [0, 0.1) is 5.92 Å². The van der Waals surface area contributed by atoms with E-state index in [1.807, 2.05) is 13.8 Å². The first-order valence-electron chi connectivity index (χ1n) is 6.29. The van der Waals surface area contributed by atoms with Gasteiger partial charge in [-0.3, -0.25) is 9.78 Å². The van der Waals surface area contributed by atoms with Crippen molar-refractivity contribution in [3.8, 4) is 11.6 Å². The van der Waals surface area contributed by atoms with Gasteiger partial charge in [0.2, 0.25) is 5.89 Å². The lowest BCUT2D eigenvalue weighted by Crippen LogP contribution is -2.05. The normalized spacial score (nSPS) is 11.9. The van der Waals surface area contributed by atoms with Gasteiger partial charge in [-0.2, -0.15) is 13.2 Å². The van der Waals surface area contributed by atoms with Gasteiger partial charge in [-0.05, 0) is 18.1 Å². The predicted molar refractivity (Wildman–Crippen MR) is 68.7 cm³/mol. The van der Waals surface area contributed by atoms with Crippen molar-refractivity contribution >= 4 is 6.29 Å². The molecule has 0 aliphatic heterocycles. The van der Waals surface area contributed by atoms with E-state index in [1.165, 1.54) is 6.07 Å². The maximum absolute atomic E-state index is 12.5. The molecule has 0 bridgehead atoms. The second-order valence-corrected chi connectivity index (χ2v) is 4.97. The van der Waals surface area contributed by atoms with Crippen molar-refractivity contribution in [1.82, 2.24) is 9.97 Å². The summed E-state index contributed by atoms with van der Waals surface area (Å²) in [6, 6.07) is 2.07. The minimum Gasteiger partial charge on any atom is -0.439 e. The third kappa shape index (κ3) is 3.48. The third-order valence-corrected chi connectivity index (χ3v) is 2.74. The molecule has 0 aliphatic carbocycles. The number of nitrogens with zero attached hydrogens (tertiary/aromatic N) is 2. The van der Waals surface area contributed by atoms with E-state index in [-0.39, 0.29) is 23.2 Å². The number of aldehydes is 1. The number of alkyl halides is 3. The van der Waals surface area contributed by atoms with Crippen molar-refractivity contribution in [2.75, 3.05) is 0 Å². The predicted octanol–water partition coefficient (Wildman–Crippen LogP) is 3.77. The molecule has 0 N–H and O–H groups in total. The molecule has 112 valence electrons. The van der Waals surface area contributed by atoms with Gasteiger partial charge in [-0.15, -0.1) is 0 Å². The van der Waals surface area contributed by atoms with Crippen LogP contribution in [0.5, 0.6) is 0 Å². The molecule has 0 aliphatic rings. The van der Waals surface area contributed by atoms with E-state index >= 15 is 0 Å². The van der Waals surface area contributed by atoms with Gasteiger partial charge >= 0.3 is 6.18 Å². The number of carbonyl (C=O) groups excluding carboxylic acids is 1. The van der Waals surface area contributed by atoms with Crippen LogP contribution in [0.2, 0.25) is 0 Å². The lowest BCUT2D eigenvalue weighted by molar-refractivity contribution is -0.137. The fourth-order valence-electron chi connectivity index (χ4n) is 1.77. The Morgan fingerprint density at radius 3 is 2.52 bits per heavy atom. The average molecular weight is 298 g/mol. The maximum Gasteiger partial charge on any atom is 0.417 e. The fourth-order valence-corrected chi connectivity index (χ4v) is 1.77. The van der Waals surface area contributed by atoms with Gasteiger partial charge < -0.3 is 4.42 Å². The molecule has 0 spiro atoms. The van der Waals surface area contributed by atoms with Crippen LogP contribution in [0.1, 0.15) is 35.7 Å². The van der Waals surface area contributed by atoms with Gasteiger partial charge in [-0.25, -0.2) is 4.98 Å². The van der Waals surface area contributed by atoms with E-state index in [2.05, 4.69) is 9.97 Å². The molecule has 7 heteroatoms. The first-order valence-corrected chi connectivity index (χ1v) is 6.29. The van der Waals surface area contributed by atoms with Crippen molar-refractivity contribution in [2.24, 2.45) is 5.92 Å². The molecule has 2 heterocycles. The molecule has 0 aromatic carbocycles. The molecule has 0 atom stereocenters. The highest BCUT2D eigenvalue weighted by molar-refractivity contribution is 5.74. The number of halogens is 3. The summed E-state index contributed by atoms with van der Waals surface area (Å²) in [6.07, 6.45) is -2.66. The zero-order valence-corrected chi connectivity index (χ0v) is 11.4. The maximum atomic E-state index is 12.5. The topological polar surface area (TPSA) is 56.0 Å². The highest BCUT2D eigenvalue weighted by atomic mass is 19.4. The SMILES string of the molecule is CC(C)Cc1oc(-c2ccc(C(F)(F)F)cn2)nc1C=O. The van der Waals surface area contributed by atoms with Gasteiger partial charge in [0.15, 0.2) is 6.29 Å². The smallest absolute Gasteiger partial charge is 0.417 e. The number of hydrogen-bond donors (Lipinski definition) is 0. The van der Waals surface area contributed by atoms with E-state index in [4.69, 9.17) is 4.42 Å². The summed E-state index contributed by atoms with van der Waals surface area (Å²) in [5.74, 6) is 0.711. The molecule has 2 aromatic heterocycles. The Hall–Kier alpha value is -2.18. The Kier molecular flexibility index (Phi) is 4.11. The van der Waals surface area contributed by atoms with E-state index in [1.54, 1.807) is 0 Å². The standard InChI is InChI=1S/C14H13F3N2O2/c1-8(2)5-12-11(7-20)19-13(21-12)10-4-3-9(6-18-10)14(15,16)17/h3-4,6-8H,5H2,1-2H3. The summed E-state index contributed by atoms with van der Waals surface area (Å²) >= 11 is 0. The largest absolute Gasteiger partial charge is 0.439 e. The van der Waals surface area contributed by atoms with Gasteiger partial charge in [0.05, 0.1) is 5.56 Å². The van der Waals surface area contributed by atoms with Crippen LogP contribution in [0.4, 0.5) is 13.2 Å². The fraction of sp³-hybridized carbons (Fsp3) is 0.357. The molecule has 4 nitrogen and oxygen atoms in total. The highest BCUT2D eigenvalue weighted by Gasteiger charge is 2.31. The second-order valence-electron chi connectivity index (χ2n) is 4.97. The van der Waals surface area contributed by atoms with Crippen LogP contribution in [-0.2, 0) is 12.6 Å². The molecule has 2 aromatic rings. The Morgan fingerprint density at radius 2 is 2.05 bits per heavy atom. The van der Waals surface area contributed by atoms with E-state index in [0.717, 1.165) is 6.07 Å². The number of pyridine rings is 1. The van der Waals surface area contributed by atoms with Crippen LogP contribution in [0.3, 0.4) is 0 Å².